The van der Waals surface area contributed by atoms with E-state index < -0.39 is 12.2 Å². The number of carbonyl (C=O) groups is 2. The van der Waals surface area contributed by atoms with Crippen LogP contribution in [0, 0.1) is 0 Å². The van der Waals surface area contributed by atoms with Gasteiger partial charge in [0.15, 0.2) is 0 Å². The monoisotopic (exact) mass is 1140 g/mol. The van der Waals surface area contributed by atoms with Gasteiger partial charge in [0.1, 0.15) is 0 Å². The number of nitrogens with one attached hydrogen (secondary N) is 2. The van der Waals surface area contributed by atoms with Crippen molar-refractivity contribution in [3.05, 3.63) is 0 Å². The number of aliphatic hydroxyl groups excluding tert-OH is 2. The lowest BCUT2D eigenvalue weighted by Crippen LogP contribution is -2.40. The van der Waals surface area contributed by atoms with Crippen LogP contribution in [0.3, 0.4) is 0 Å². The fraction of sp³-hybridized carbons (Fsp3) is 0.971. The number of rotatable bonds is 69. The van der Waals surface area contributed by atoms with Crippen molar-refractivity contribution in [2.45, 2.75) is 361 Å². The van der Waals surface area contributed by atoms with E-state index in [1.54, 1.807) is 0 Å². The van der Waals surface area contributed by atoms with E-state index in [1.165, 1.54) is 257 Å². The summed E-state index contributed by atoms with van der Waals surface area (Å²) >= 11 is 0. The highest BCUT2D eigenvalue weighted by Crippen LogP contribution is 2.16. The average Bonchev–Trinajstić information content (AvgIpc) is 3.45. The molecule has 0 aromatic carbocycles. The standard InChI is InChI=1S/C70H142N4O6/c1-5-9-13-17-21-25-29-31-33-37-41-45-57-73(65-67(75)63-71-55-51-53-69(77)79-61-49-43-39-35-27-23-19-15-11-7-3)59-47-48-60-74(58-46-42-38-34-32-30-26-22-18-14-10-6-2)66-68(76)64-72-56-52-54-70(78)80-62-50-44-40-36-28-24-20-16-12-8-4/h67-68,71-72,75-76H,5-66H2,1-4H3. The molecule has 10 heteroatoms. The summed E-state index contributed by atoms with van der Waals surface area (Å²) in [5, 5.41) is 29.3. The summed E-state index contributed by atoms with van der Waals surface area (Å²) in [6.07, 6.45) is 61.1. The van der Waals surface area contributed by atoms with Gasteiger partial charge in [-0.05, 0) is 90.6 Å². The van der Waals surface area contributed by atoms with Gasteiger partial charge in [-0.1, -0.05) is 285 Å². The summed E-state index contributed by atoms with van der Waals surface area (Å²) in [6.45, 7) is 18.0. The summed E-state index contributed by atoms with van der Waals surface area (Å²) in [5.74, 6) is -0.202. The molecule has 0 saturated carbocycles. The van der Waals surface area contributed by atoms with Crippen LogP contribution in [0.2, 0.25) is 0 Å². The van der Waals surface area contributed by atoms with Gasteiger partial charge in [0.05, 0.1) is 25.4 Å². The molecule has 80 heavy (non-hydrogen) atoms. The Kier molecular flexibility index (Phi) is 65.7. The molecule has 0 fully saturated rings. The van der Waals surface area contributed by atoms with Crippen LogP contribution in [0.5, 0.6) is 0 Å². The van der Waals surface area contributed by atoms with Crippen LogP contribution >= 0.6 is 0 Å². The lowest BCUT2D eigenvalue weighted by Gasteiger charge is -2.27. The molecule has 0 saturated heterocycles. The predicted molar refractivity (Wildman–Crippen MR) is 346 cm³/mol. The second kappa shape index (κ2) is 66.8. The Bertz CT molecular complexity index is 1120. The van der Waals surface area contributed by atoms with E-state index in [9.17, 15) is 19.8 Å². The van der Waals surface area contributed by atoms with Gasteiger partial charge in [-0.3, -0.25) is 9.59 Å². The van der Waals surface area contributed by atoms with E-state index in [2.05, 4.69) is 48.1 Å². The normalized spacial score (nSPS) is 12.6. The van der Waals surface area contributed by atoms with Crippen molar-refractivity contribution in [3.8, 4) is 0 Å². The zero-order chi connectivity index (χ0) is 58.1. The molecule has 0 bridgehead atoms. The number of hydrogen-bond donors (Lipinski definition) is 4. The Labute approximate surface area is 499 Å². The van der Waals surface area contributed by atoms with Crippen LogP contribution in [0.25, 0.3) is 0 Å². The smallest absolute Gasteiger partial charge is 0.305 e. The lowest BCUT2D eigenvalue weighted by atomic mass is 10.1. The fourth-order valence-corrected chi connectivity index (χ4v) is 11.3. The van der Waals surface area contributed by atoms with E-state index in [0.717, 1.165) is 77.5 Å². The van der Waals surface area contributed by atoms with E-state index in [-0.39, 0.29) is 11.9 Å². The second-order valence-corrected chi connectivity index (χ2v) is 24.8. The van der Waals surface area contributed by atoms with Crippen LogP contribution in [-0.4, -0.2) is 123 Å². The van der Waals surface area contributed by atoms with Gasteiger partial charge in [-0.15, -0.1) is 0 Å². The first-order valence-corrected chi connectivity index (χ1v) is 35.9. The molecule has 0 spiro atoms. The minimum absolute atomic E-state index is 0.101. The maximum Gasteiger partial charge on any atom is 0.305 e. The molecule has 0 rings (SSSR count). The molecule has 2 unspecified atom stereocenters. The SMILES string of the molecule is CCCCCCCCCCCCCCN(CCCCN(CCCCCCCCCCCCCC)CC(O)CNCCCC(=O)OCCCCCCCCCCCC)CC(O)CNCCCC(=O)OCCCCCCCCCCCC. The van der Waals surface area contributed by atoms with Crippen molar-refractivity contribution in [3.63, 3.8) is 0 Å². The number of aliphatic hydroxyl groups is 2. The topological polar surface area (TPSA) is 124 Å². The number of carbonyl (C=O) groups excluding carboxylic acids is 2. The van der Waals surface area contributed by atoms with Crippen molar-refractivity contribution in [1.29, 1.82) is 0 Å². The third-order valence-electron chi connectivity index (χ3n) is 16.5. The van der Waals surface area contributed by atoms with Crippen LogP contribution in [-0.2, 0) is 19.1 Å². The van der Waals surface area contributed by atoms with Gasteiger partial charge in [-0.25, -0.2) is 0 Å². The summed E-state index contributed by atoms with van der Waals surface area (Å²) in [5.41, 5.74) is 0. The molecular formula is C70H142N4O6. The van der Waals surface area contributed by atoms with E-state index >= 15 is 0 Å². The summed E-state index contributed by atoms with van der Waals surface area (Å²) in [7, 11) is 0. The van der Waals surface area contributed by atoms with Crippen molar-refractivity contribution < 1.29 is 29.3 Å². The van der Waals surface area contributed by atoms with Crippen LogP contribution in [0.4, 0.5) is 0 Å². The van der Waals surface area contributed by atoms with Crippen LogP contribution in [0.15, 0.2) is 0 Å². The largest absolute Gasteiger partial charge is 0.466 e. The van der Waals surface area contributed by atoms with Gasteiger partial charge in [0, 0.05) is 39.0 Å². The Hall–Kier alpha value is -1.30. The first kappa shape index (κ1) is 78.7. The number of nitrogens with zero attached hydrogens (tertiary/aromatic N) is 2. The Morgan fingerprint density at radius 1 is 0.312 bits per heavy atom. The van der Waals surface area contributed by atoms with Crippen molar-refractivity contribution in [2.24, 2.45) is 0 Å². The molecule has 0 radical (unpaired) electrons. The zero-order valence-corrected chi connectivity index (χ0v) is 54.4. The minimum atomic E-state index is -0.458. The molecule has 0 aliphatic heterocycles. The van der Waals surface area contributed by atoms with Crippen molar-refractivity contribution >= 4 is 11.9 Å². The molecule has 2 atom stereocenters. The van der Waals surface area contributed by atoms with Gasteiger partial charge in [0.2, 0.25) is 0 Å². The Balaban J connectivity index is 4.97. The fourth-order valence-electron chi connectivity index (χ4n) is 11.3. The number of hydrogen-bond acceptors (Lipinski definition) is 10. The number of ether oxygens (including phenoxy) is 2. The maximum absolute atomic E-state index is 12.4. The maximum atomic E-state index is 12.4. The summed E-state index contributed by atoms with van der Waals surface area (Å²) in [6, 6.07) is 0. The highest BCUT2D eigenvalue weighted by atomic mass is 16.5. The first-order chi connectivity index (χ1) is 39.4. The van der Waals surface area contributed by atoms with Crippen molar-refractivity contribution in [1.82, 2.24) is 20.4 Å². The zero-order valence-electron chi connectivity index (χ0n) is 54.4. The molecule has 0 heterocycles. The van der Waals surface area contributed by atoms with Gasteiger partial charge in [-0.2, -0.15) is 0 Å². The molecule has 0 amide bonds. The molecule has 4 N–H and O–H groups in total. The number of esters is 2. The van der Waals surface area contributed by atoms with Crippen LogP contribution in [0.1, 0.15) is 349 Å². The van der Waals surface area contributed by atoms with E-state index in [4.69, 9.17) is 9.47 Å². The van der Waals surface area contributed by atoms with Gasteiger partial charge in [0.25, 0.3) is 0 Å². The first-order valence-electron chi connectivity index (χ1n) is 35.9. The highest BCUT2D eigenvalue weighted by Gasteiger charge is 2.15. The predicted octanol–water partition coefficient (Wildman–Crippen LogP) is 18.2. The lowest BCUT2D eigenvalue weighted by molar-refractivity contribution is -0.144. The van der Waals surface area contributed by atoms with Gasteiger partial charge >= 0.3 is 11.9 Å². The molecule has 0 aromatic heterocycles. The highest BCUT2D eigenvalue weighted by molar-refractivity contribution is 5.69. The Morgan fingerprint density at radius 2 is 0.525 bits per heavy atom. The third kappa shape index (κ3) is 62.7. The molecule has 0 aromatic rings. The third-order valence-corrected chi connectivity index (χ3v) is 16.5. The van der Waals surface area contributed by atoms with Crippen LogP contribution < -0.4 is 10.6 Å². The summed E-state index contributed by atoms with van der Waals surface area (Å²) < 4.78 is 11.1. The summed E-state index contributed by atoms with van der Waals surface area (Å²) in [4.78, 5) is 29.8. The van der Waals surface area contributed by atoms with Crippen molar-refractivity contribution in [2.75, 3.05) is 78.7 Å². The second-order valence-electron chi connectivity index (χ2n) is 24.8. The molecular weight excluding hydrogens is 993 g/mol. The Morgan fingerprint density at radius 3 is 0.775 bits per heavy atom. The molecule has 0 aliphatic rings. The molecule has 0 aliphatic carbocycles. The van der Waals surface area contributed by atoms with Gasteiger partial charge < -0.3 is 40.1 Å². The average molecular weight is 1140 g/mol. The van der Waals surface area contributed by atoms with E-state index in [1.807, 2.05) is 0 Å². The quantitative estimate of drug-likeness (QED) is 0.0346. The molecule has 10 nitrogen and oxygen atoms in total. The minimum Gasteiger partial charge on any atom is -0.466 e. The number of unbranched alkanes of at least 4 members (excludes halogenated alkanes) is 41. The molecule has 478 valence electrons. The van der Waals surface area contributed by atoms with E-state index in [0.29, 0.717) is 65.3 Å².